The predicted octanol–water partition coefficient (Wildman–Crippen LogP) is -0.162. The van der Waals surface area contributed by atoms with Gasteiger partial charge in [0.25, 0.3) is 0 Å². The third kappa shape index (κ3) is 6.20. The van der Waals surface area contributed by atoms with Crippen molar-refractivity contribution in [3.63, 3.8) is 0 Å². The van der Waals surface area contributed by atoms with Gasteiger partial charge in [0.2, 0.25) is 10.0 Å². The summed E-state index contributed by atoms with van der Waals surface area (Å²) >= 11 is 4.99. The predicted molar refractivity (Wildman–Crippen MR) is 27.6 cm³/mol. The second-order valence-electron chi connectivity index (χ2n) is 1.01. The molecule has 0 aromatic heterocycles. The number of alkyl halides is 1. The van der Waals surface area contributed by atoms with E-state index in [0.29, 0.717) is 0 Å². The summed E-state index contributed by atoms with van der Waals surface area (Å²) in [5.74, 6) is -0.250. The minimum atomic E-state index is -3.56. The number of hydrogen-bond donors (Lipinski definition) is 0. The van der Waals surface area contributed by atoms with Gasteiger partial charge in [-0.3, -0.25) is 0 Å². The lowest BCUT2D eigenvalue weighted by molar-refractivity contribution is 0.597. The summed E-state index contributed by atoms with van der Waals surface area (Å²) in [7, 11) is -3.56. The van der Waals surface area contributed by atoms with E-state index >= 15 is 0 Å². The van der Waals surface area contributed by atoms with Gasteiger partial charge < -0.3 is 0 Å². The lowest BCUT2D eigenvalue weighted by Crippen LogP contribution is -2.06. The molecule has 0 bridgehead atoms. The van der Waals surface area contributed by atoms with E-state index < -0.39 is 10.0 Å². The van der Waals surface area contributed by atoms with Crippen LogP contribution < -0.4 is 5.14 Å². The van der Waals surface area contributed by atoms with Crippen molar-refractivity contribution in [2.45, 2.75) is 0 Å². The Balaban J connectivity index is 3.60. The highest BCUT2D eigenvalue weighted by Crippen LogP contribution is 1.81. The van der Waals surface area contributed by atoms with Crippen LogP contribution in [0, 0.1) is 0 Å². The molecule has 0 heterocycles. The zero-order valence-corrected chi connectivity index (χ0v) is 5.09. The Bertz CT molecular complexity index is 129. The monoisotopic (exact) mass is 142 g/mol. The lowest BCUT2D eigenvalue weighted by atomic mass is 11.0. The molecule has 0 aliphatic heterocycles. The molecule has 3 nitrogen and oxygen atoms in total. The second kappa shape index (κ2) is 2.49. The third-order valence-electron chi connectivity index (χ3n) is 0.346. The topological polar surface area (TPSA) is 57.9 Å². The minimum absolute atomic E-state index is 0.00579. The molecule has 0 aromatic carbocycles. The molecular formula is C2H5ClNO2S. The van der Waals surface area contributed by atoms with Crippen LogP contribution >= 0.6 is 11.6 Å². The van der Waals surface area contributed by atoms with Gasteiger partial charge in [-0.05, 0) is 0 Å². The lowest BCUT2D eigenvalue weighted by Gasteiger charge is -1.84. The quantitative estimate of drug-likeness (QED) is 0.503. The van der Waals surface area contributed by atoms with Gasteiger partial charge in [0.05, 0.1) is 5.75 Å². The largest absolute Gasteiger partial charge is 0.226 e. The zero-order chi connectivity index (χ0) is 5.91. The van der Waals surface area contributed by atoms with Crippen LogP contribution in [0.2, 0.25) is 0 Å². The first kappa shape index (κ1) is 7.20. The number of hydrogen-bond acceptors (Lipinski definition) is 2. The molecule has 5 heteroatoms. The van der Waals surface area contributed by atoms with E-state index in [1.807, 2.05) is 0 Å². The van der Waals surface area contributed by atoms with Crippen molar-refractivity contribution < 1.29 is 8.42 Å². The van der Waals surface area contributed by atoms with Crippen LogP contribution in [-0.2, 0) is 10.0 Å². The number of nitrogens with one attached hydrogen (secondary N) is 1. The molecular weight excluding hydrogens is 138 g/mol. The van der Waals surface area contributed by atoms with Gasteiger partial charge in [-0.1, -0.05) is 0 Å². The molecule has 0 fully saturated rings. The van der Waals surface area contributed by atoms with E-state index in [1.165, 1.54) is 0 Å². The SMILES string of the molecule is [NH]S(=O)(=O)CCCl. The van der Waals surface area contributed by atoms with Gasteiger partial charge >= 0.3 is 0 Å². The summed E-state index contributed by atoms with van der Waals surface area (Å²) in [6.45, 7) is 0. The van der Waals surface area contributed by atoms with E-state index in [4.69, 9.17) is 16.7 Å². The smallest absolute Gasteiger partial charge is 0.211 e. The molecule has 43 valence electrons. The van der Waals surface area contributed by atoms with Crippen molar-refractivity contribution in [2.75, 3.05) is 11.6 Å². The maximum atomic E-state index is 9.81. The molecule has 1 radical (unpaired) electrons. The van der Waals surface area contributed by atoms with Crippen molar-refractivity contribution in [1.82, 2.24) is 5.14 Å². The van der Waals surface area contributed by atoms with E-state index in [-0.39, 0.29) is 11.6 Å². The molecule has 0 unspecified atom stereocenters. The maximum absolute atomic E-state index is 9.81. The van der Waals surface area contributed by atoms with Gasteiger partial charge in [0.15, 0.2) is 0 Å². The minimum Gasteiger partial charge on any atom is -0.211 e. The summed E-state index contributed by atoms with van der Waals surface area (Å²) < 4.78 is 19.6. The van der Waals surface area contributed by atoms with E-state index in [0.717, 1.165) is 0 Å². The van der Waals surface area contributed by atoms with Crippen molar-refractivity contribution in [2.24, 2.45) is 0 Å². The fourth-order valence-corrected chi connectivity index (χ4v) is 0.914. The Hall–Kier alpha value is 0.200. The third-order valence-corrected chi connectivity index (χ3v) is 1.50. The number of halogens is 1. The van der Waals surface area contributed by atoms with Crippen molar-refractivity contribution in [1.29, 1.82) is 0 Å². The zero-order valence-electron chi connectivity index (χ0n) is 3.52. The Morgan fingerprint density at radius 1 is 1.57 bits per heavy atom. The molecule has 0 spiro atoms. The van der Waals surface area contributed by atoms with Gasteiger partial charge in [-0.2, -0.15) is 0 Å². The van der Waals surface area contributed by atoms with Crippen LogP contribution in [0.25, 0.3) is 0 Å². The van der Waals surface area contributed by atoms with E-state index in [1.54, 1.807) is 0 Å². The molecule has 0 saturated heterocycles. The molecule has 0 atom stereocenters. The Kier molecular flexibility index (Phi) is 2.56. The Morgan fingerprint density at radius 2 is 2.00 bits per heavy atom. The highest BCUT2D eigenvalue weighted by Gasteiger charge is 1.98. The van der Waals surface area contributed by atoms with Crippen LogP contribution in [0.5, 0.6) is 0 Å². The molecule has 0 amide bonds. The highest BCUT2D eigenvalue weighted by atomic mass is 35.5. The van der Waals surface area contributed by atoms with Gasteiger partial charge in [0.1, 0.15) is 0 Å². The normalized spacial score (nSPS) is 11.7. The molecule has 0 aromatic rings. The fourth-order valence-electron chi connectivity index (χ4n) is 0.102. The summed E-state index contributed by atoms with van der Waals surface area (Å²) in [4.78, 5) is 0. The summed E-state index contributed by atoms with van der Waals surface area (Å²) in [5, 5.41) is 6.22. The Morgan fingerprint density at radius 3 is 2.00 bits per heavy atom. The van der Waals surface area contributed by atoms with Crippen molar-refractivity contribution in [3.05, 3.63) is 0 Å². The molecule has 0 aliphatic rings. The van der Waals surface area contributed by atoms with Crippen LogP contribution in [0.3, 0.4) is 0 Å². The van der Waals surface area contributed by atoms with Crippen LogP contribution in [0.15, 0.2) is 0 Å². The molecule has 0 aliphatic carbocycles. The van der Waals surface area contributed by atoms with E-state index in [2.05, 4.69) is 0 Å². The molecule has 7 heavy (non-hydrogen) atoms. The van der Waals surface area contributed by atoms with Gasteiger partial charge in [-0.15, -0.1) is 16.7 Å². The molecule has 1 N–H and O–H groups in total. The van der Waals surface area contributed by atoms with Crippen molar-refractivity contribution in [3.8, 4) is 0 Å². The average molecular weight is 143 g/mol. The summed E-state index contributed by atoms with van der Waals surface area (Å²) in [6.07, 6.45) is 0. The van der Waals surface area contributed by atoms with Gasteiger partial charge in [0, 0.05) is 5.88 Å². The van der Waals surface area contributed by atoms with Crippen LogP contribution in [-0.4, -0.2) is 20.1 Å². The average Bonchev–Trinajstić information content (AvgIpc) is 1.30. The van der Waals surface area contributed by atoms with E-state index in [9.17, 15) is 8.42 Å². The molecule has 0 saturated carbocycles. The first-order valence-electron chi connectivity index (χ1n) is 1.59. The van der Waals surface area contributed by atoms with Crippen LogP contribution in [0.4, 0.5) is 0 Å². The highest BCUT2D eigenvalue weighted by molar-refractivity contribution is 7.88. The standard InChI is InChI=1S/C2H5ClNO2S/c3-1-2-7(4,5)6/h4H,1-2H2. The number of rotatable bonds is 2. The second-order valence-corrected chi connectivity index (χ2v) is 3.02. The van der Waals surface area contributed by atoms with Crippen molar-refractivity contribution >= 4 is 21.6 Å². The summed E-state index contributed by atoms with van der Waals surface area (Å²) in [5.41, 5.74) is 0. The maximum Gasteiger partial charge on any atom is 0.226 e. The fraction of sp³-hybridized carbons (Fsp3) is 1.00. The molecule has 0 rings (SSSR count). The van der Waals surface area contributed by atoms with Gasteiger partial charge in [-0.25, -0.2) is 8.42 Å². The Labute approximate surface area is 47.5 Å². The first-order valence-corrected chi connectivity index (χ1v) is 3.78. The number of sulfonamides is 1. The van der Waals surface area contributed by atoms with Crippen LogP contribution in [0.1, 0.15) is 0 Å². The summed E-state index contributed by atoms with van der Waals surface area (Å²) in [6, 6.07) is 0. The first-order chi connectivity index (χ1) is 3.06.